The van der Waals surface area contributed by atoms with Crippen molar-refractivity contribution in [2.24, 2.45) is 5.41 Å². The molecule has 2 aliphatic carbocycles. The van der Waals surface area contributed by atoms with Gasteiger partial charge in [-0.3, -0.25) is 0 Å². The third kappa shape index (κ3) is 0.365. The highest BCUT2D eigenvalue weighted by Crippen LogP contribution is 2.48. The van der Waals surface area contributed by atoms with Crippen LogP contribution in [-0.2, 0) is 0 Å². The summed E-state index contributed by atoms with van der Waals surface area (Å²) < 4.78 is 0. The van der Waals surface area contributed by atoms with E-state index in [1.165, 1.54) is 6.42 Å². The fourth-order valence-corrected chi connectivity index (χ4v) is 0.830. The van der Waals surface area contributed by atoms with Crippen LogP contribution in [0.2, 0.25) is 0 Å². The van der Waals surface area contributed by atoms with Gasteiger partial charge in [-0.05, 0) is 13.3 Å². The minimum absolute atomic E-state index is 0.472. The van der Waals surface area contributed by atoms with Gasteiger partial charge in [-0.2, -0.15) is 0 Å². The third-order valence-corrected chi connectivity index (χ3v) is 1.77. The predicted octanol–water partition coefficient (Wildman–Crippen LogP) is 1.89. The van der Waals surface area contributed by atoms with Gasteiger partial charge in [-0.15, -0.1) is 0 Å². The molecule has 0 heterocycles. The van der Waals surface area contributed by atoms with E-state index in [9.17, 15) is 0 Å². The van der Waals surface area contributed by atoms with Crippen LogP contribution in [0.15, 0.2) is 23.8 Å². The van der Waals surface area contributed by atoms with Gasteiger partial charge in [0, 0.05) is 5.41 Å². The van der Waals surface area contributed by atoms with E-state index in [0.717, 1.165) is 0 Å². The smallest absolute Gasteiger partial charge is 0.0247 e. The van der Waals surface area contributed by atoms with E-state index in [1.807, 2.05) is 0 Å². The second-order valence-electron chi connectivity index (χ2n) is 2.55. The monoisotopic (exact) mass is 92.1 g/mol. The molecule has 0 N–H and O–H groups in total. The summed E-state index contributed by atoms with van der Waals surface area (Å²) in [5.41, 5.74) is 2.09. The highest BCUT2D eigenvalue weighted by Gasteiger charge is 2.35. The molecule has 0 unspecified atom stereocenters. The van der Waals surface area contributed by atoms with Crippen molar-refractivity contribution in [2.45, 2.75) is 13.3 Å². The molecule has 0 heteroatoms. The van der Waals surface area contributed by atoms with Gasteiger partial charge in [-0.1, -0.05) is 23.8 Å². The molecule has 36 valence electrons. The molecular weight excluding hydrogens is 84.1 g/mol. The van der Waals surface area contributed by atoms with Gasteiger partial charge in [0.1, 0.15) is 0 Å². The standard InChI is InChI=1S/C7H8/c1-7(4-5-7)6-2-3-6/h2,4-5H,3H2,1H3. The van der Waals surface area contributed by atoms with Crippen LogP contribution < -0.4 is 0 Å². The SMILES string of the molecule is CC1(C2=CC2)C=C1. The van der Waals surface area contributed by atoms with Crippen molar-refractivity contribution in [2.75, 3.05) is 0 Å². The normalized spacial score (nSPS) is 29.6. The fourth-order valence-electron chi connectivity index (χ4n) is 0.830. The van der Waals surface area contributed by atoms with Crippen molar-refractivity contribution in [1.29, 1.82) is 0 Å². The molecule has 0 aromatic rings. The molecule has 0 aromatic carbocycles. The first-order valence-corrected chi connectivity index (χ1v) is 2.71. The maximum absolute atomic E-state index is 2.29. The molecule has 2 aliphatic rings. The van der Waals surface area contributed by atoms with Gasteiger partial charge >= 0.3 is 0 Å². The number of hydrogen-bond donors (Lipinski definition) is 0. The van der Waals surface area contributed by atoms with E-state index in [4.69, 9.17) is 0 Å². The summed E-state index contributed by atoms with van der Waals surface area (Å²) in [6.07, 6.45) is 8.07. The van der Waals surface area contributed by atoms with E-state index in [1.54, 1.807) is 5.57 Å². The zero-order valence-corrected chi connectivity index (χ0v) is 4.44. The first kappa shape index (κ1) is 3.48. The van der Waals surface area contributed by atoms with Crippen LogP contribution in [0, 0.1) is 5.41 Å². The molecule has 0 bridgehead atoms. The summed E-state index contributed by atoms with van der Waals surface area (Å²) in [6, 6.07) is 0. The van der Waals surface area contributed by atoms with E-state index < -0.39 is 0 Å². The van der Waals surface area contributed by atoms with Gasteiger partial charge in [-0.25, -0.2) is 0 Å². The average Bonchev–Trinajstić information content (AvgIpc) is 2.14. The maximum atomic E-state index is 2.29. The van der Waals surface area contributed by atoms with Gasteiger partial charge in [0.05, 0.1) is 0 Å². The van der Waals surface area contributed by atoms with Crippen LogP contribution in [0.25, 0.3) is 0 Å². The zero-order chi connectivity index (χ0) is 4.91. The summed E-state index contributed by atoms with van der Waals surface area (Å²) in [7, 11) is 0. The quantitative estimate of drug-likeness (QED) is 0.433. The number of rotatable bonds is 1. The van der Waals surface area contributed by atoms with Gasteiger partial charge < -0.3 is 0 Å². The Balaban J connectivity index is 2.20. The van der Waals surface area contributed by atoms with E-state index in [2.05, 4.69) is 25.2 Å². The van der Waals surface area contributed by atoms with Gasteiger partial charge in [0.15, 0.2) is 0 Å². The summed E-state index contributed by atoms with van der Waals surface area (Å²) in [5, 5.41) is 0. The second kappa shape index (κ2) is 0.706. The average molecular weight is 92.1 g/mol. The molecule has 0 aromatic heterocycles. The summed E-state index contributed by atoms with van der Waals surface area (Å²) >= 11 is 0. The van der Waals surface area contributed by atoms with Crippen molar-refractivity contribution in [3.63, 3.8) is 0 Å². The molecule has 0 atom stereocenters. The Hall–Kier alpha value is -0.520. The molecular formula is C7H8. The summed E-state index contributed by atoms with van der Waals surface area (Å²) in [4.78, 5) is 0. The third-order valence-electron chi connectivity index (χ3n) is 1.77. The Morgan fingerprint density at radius 1 is 1.57 bits per heavy atom. The molecule has 0 amide bonds. The van der Waals surface area contributed by atoms with Crippen LogP contribution in [0.1, 0.15) is 13.3 Å². The zero-order valence-electron chi connectivity index (χ0n) is 4.44. The second-order valence-corrected chi connectivity index (χ2v) is 2.55. The lowest BCUT2D eigenvalue weighted by Gasteiger charge is -1.98. The van der Waals surface area contributed by atoms with E-state index >= 15 is 0 Å². The van der Waals surface area contributed by atoms with Crippen molar-refractivity contribution in [3.8, 4) is 0 Å². The molecule has 2 rings (SSSR count). The first-order valence-electron chi connectivity index (χ1n) is 2.71. The largest absolute Gasteiger partial charge is 0.0797 e. The Labute approximate surface area is 43.5 Å². The molecule has 0 spiro atoms. The maximum Gasteiger partial charge on any atom is 0.0247 e. The van der Waals surface area contributed by atoms with Gasteiger partial charge in [0.25, 0.3) is 0 Å². The van der Waals surface area contributed by atoms with Crippen molar-refractivity contribution in [3.05, 3.63) is 23.8 Å². The first-order chi connectivity index (χ1) is 3.31. The Morgan fingerprint density at radius 3 is 2.29 bits per heavy atom. The fraction of sp³-hybridized carbons (Fsp3) is 0.429. The molecule has 0 fully saturated rings. The van der Waals surface area contributed by atoms with Crippen LogP contribution in [0.4, 0.5) is 0 Å². The van der Waals surface area contributed by atoms with E-state index in [0.29, 0.717) is 5.41 Å². The van der Waals surface area contributed by atoms with Gasteiger partial charge in [0.2, 0.25) is 0 Å². The molecule has 0 saturated heterocycles. The number of hydrogen-bond acceptors (Lipinski definition) is 0. The molecule has 0 saturated carbocycles. The van der Waals surface area contributed by atoms with Crippen molar-refractivity contribution >= 4 is 0 Å². The lowest BCUT2D eigenvalue weighted by molar-refractivity contribution is 0.795. The summed E-state index contributed by atoms with van der Waals surface area (Å²) in [5.74, 6) is 0. The Bertz CT molecular complexity index is 155. The molecule has 0 aliphatic heterocycles. The highest BCUT2D eigenvalue weighted by molar-refractivity contribution is 5.46. The lowest BCUT2D eigenvalue weighted by atomic mass is 10.1. The minimum atomic E-state index is 0.472. The van der Waals surface area contributed by atoms with Crippen LogP contribution in [-0.4, -0.2) is 0 Å². The van der Waals surface area contributed by atoms with E-state index in [-0.39, 0.29) is 0 Å². The number of allylic oxidation sites excluding steroid dienone is 4. The van der Waals surface area contributed by atoms with Crippen LogP contribution in [0.3, 0.4) is 0 Å². The predicted molar refractivity (Wildman–Crippen MR) is 29.9 cm³/mol. The highest BCUT2D eigenvalue weighted by atomic mass is 14.4. The Morgan fingerprint density at radius 2 is 2.14 bits per heavy atom. The van der Waals surface area contributed by atoms with Crippen molar-refractivity contribution < 1.29 is 0 Å². The van der Waals surface area contributed by atoms with Crippen LogP contribution in [0.5, 0.6) is 0 Å². The van der Waals surface area contributed by atoms with Crippen molar-refractivity contribution in [1.82, 2.24) is 0 Å². The minimum Gasteiger partial charge on any atom is -0.0797 e. The topological polar surface area (TPSA) is 0 Å². The molecule has 0 radical (unpaired) electrons. The lowest BCUT2D eigenvalue weighted by Crippen LogP contribution is -1.88. The Kier molecular flexibility index (Phi) is 0.351. The van der Waals surface area contributed by atoms with Crippen LogP contribution >= 0.6 is 0 Å². The molecule has 0 nitrogen and oxygen atoms in total. The summed E-state index contributed by atoms with van der Waals surface area (Å²) in [6.45, 7) is 2.26. The molecule has 7 heavy (non-hydrogen) atoms.